The minimum Gasteiger partial charge on any atom is -0.378 e. The van der Waals surface area contributed by atoms with Crippen LogP contribution in [0.4, 0.5) is 0 Å². The highest BCUT2D eigenvalue weighted by Gasteiger charge is 2.44. The molecule has 1 aromatic carbocycles. The van der Waals surface area contributed by atoms with Gasteiger partial charge in [-0.3, -0.25) is 34.3 Å². The number of fused-ring (bicyclic) bond motifs is 1. The summed E-state index contributed by atoms with van der Waals surface area (Å²) < 4.78 is 5.97. The Bertz CT molecular complexity index is 987. The Morgan fingerprint density at radius 2 is 1.76 bits per heavy atom. The number of likely N-dealkylation sites (tertiary alicyclic amines) is 1. The van der Waals surface area contributed by atoms with Gasteiger partial charge in [0, 0.05) is 25.6 Å². The minimum atomic E-state index is -0.937. The van der Waals surface area contributed by atoms with Crippen LogP contribution in [-0.4, -0.2) is 71.3 Å². The fourth-order valence-corrected chi connectivity index (χ4v) is 5.54. The number of amides is 4. The summed E-state index contributed by atoms with van der Waals surface area (Å²) in [5.41, 5.74) is 7.73. The maximum absolute atomic E-state index is 13.0. The SMILES string of the molecule is NC1CCOC(C2CCN(Cc3ccc4c(c3)C(=O)N(C3CCC(=O)NC3=O)C4=O)CC2)C1. The summed E-state index contributed by atoms with van der Waals surface area (Å²) in [6, 6.07) is 4.64. The zero-order valence-electron chi connectivity index (χ0n) is 18.6. The minimum absolute atomic E-state index is 0.114. The summed E-state index contributed by atoms with van der Waals surface area (Å²) in [6.45, 7) is 3.35. The van der Waals surface area contributed by atoms with E-state index in [1.807, 2.05) is 6.07 Å². The van der Waals surface area contributed by atoms with Gasteiger partial charge in [-0.15, -0.1) is 0 Å². The molecule has 3 atom stereocenters. The monoisotopic (exact) mass is 454 g/mol. The van der Waals surface area contributed by atoms with E-state index in [4.69, 9.17) is 10.5 Å². The van der Waals surface area contributed by atoms with E-state index < -0.39 is 23.8 Å². The van der Waals surface area contributed by atoms with E-state index >= 15 is 0 Å². The predicted octanol–water partition coefficient (Wildman–Crippen LogP) is 0.806. The summed E-state index contributed by atoms with van der Waals surface area (Å²) in [5.74, 6) is -1.36. The standard InChI is InChI=1S/C24H30N4O5/c25-16-7-10-33-20(12-16)15-5-8-27(9-6-15)13-14-1-2-17-18(11-14)24(32)28(23(17)31)19-3-4-21(29)26-22(19)30/h1-2,11,15-16,19-20H,3-10,12-13,25H2,(H,26,29,30). The first-order valence-corrected chi connectivity index (χ1v) is 11.8. The molecular weight excluding hydrogens is 424 g/mol. The van der Waals surface area contributed by atoms with Gasteiger partial charge in [-0.2, -0.15) is 0 Å². The second-order valence-corrected chi connectivity index (χ2v) is 9.63. The molecule has 4 aliphatic heterocycles. The number of imide groups is 2. The van der Waals surface area contributed by atoms with E-state index in [0.717, 1.165) is 55.8 Å². The maximum Gasteiger partial charge on any atom is 0.262 e. The van der Waals surface area contributed by atoms with Crippen LogP contribution in [0, 0.1) is 5.92 Å². The van der Waals surface area contributed by atoms with Crippen LogP contribution in [0.2, 0.25) is 0 Å². The molecule has 4 aliphatic rings. The number of carbonyl (C=O) groups excluding carboxylic acids is 4. The maximum atomic E-state index is 13.0. The van der Waals surface area contributed by atoms with Gasteiger partial charge in [0.1, 0.15) is 6.04 Å². The number of hydrogen-bond donors (Lipinski definition) is 2. The molecule has 3 fully saturated rings. The van der Waals surface area contributed by atoms with Crippen molar-refractivity contribution in [3.05, 3.63) is 34.9 Å². The van der Waals surface area contributed by atoms with Gasteiger partial charge in [0.2, 0.25) is 11.8 Å². The molecule has 3 N–H and O–H groups in total. The van der Waals surface area contributed by atoms with Crippen LogP contribution in [-0.2, 0) is 20.9 Å². The number of hydrogen-bond acceptors (Lipinski definition) is 7. The highest BCUT2D eigenvalue weighted by atomic mass is 16.5. The molecule has 4 amide bonds. The van der Waals surface area contributed by atoms with E-state index in [2.05, 4.69) is 10.2 Å². The van der Waals surface area contributed by atoms with E-state index in [1.165, 1.54) is 0 Å². The van der Waals surface area contributed by atoms with Crippen molar-refractivity contribution in [2.24, 2.45) is 11.7 Å². The first-order valence-electron chi connectivity index (χ1n) is 11.8. The summed E-state index contributed by atoms with van der Waals surface area (Å²) in [5, 5.41) is 2.22. The third-order valence-corrected chi connectivity index (χ3v) is 7.42. The smallest absolute Gasteiger partial charge is 0.262 e. The number of benzene rings is 1. The van der Waals surface area contributed by atoms with Crippen molar-refractivity contribution < 1.29 is 23.9 Å². The van der Waals surface area contributed by atoms with Crippen LogP contribution < -0.4 is 11.1 Å². The molecule has 33 heavy (non-hydrogen) atoms. The highest BCUT2D eigenvalue weighted by Crippen LogP contribution is 2.31. The number of rotatable bonds is 4. The largest absolute Gasteiger partial charge is 0.378 e. The lowest BCUT2D eigenvalue weighted by Crippen LogP contribution is -2.54. The Labute approximate surface area is 192 Å². The Morgan fingerprint density at radius 1 is 1.00 bits per heavy atom. The summed E-state index contributed by atoms with van der Waals surface area (Å²) >= 11 is 0. The molecule has 0 saturated carbocycles. The van der Waals surface area contributed by atoms with Crippen molar-refractivity contribution in [1.82, 2.24) is 15.1 Å². The lowest BCUT2D eigenvalue weighted by molar-refractivity contribution is -0.136. The first-order chi connectivity index (χ1) is 15.9. The second-order valence-electron chi connectivity index (χ2n) is 9.63. The molecule has 3 unspecified atom stereocenters. The Morgan fingerprint density at radius 3 is 2.48 bits per heavy atom. The van der Waals surface area contributed by atoms with Crippen LogP contribution in [0.1, 0.15) is 64.8 Å². The van der Waals surface area contributed by atoms with E-state index in [9.17, 15) is 19.2 Å². The van der Waals surface area contributed by atoms with Gasteiger partial charge in [-0.1, -0.05) is 6.07 Å². The van der Waals surface area contributed by atoms with Gasteiger partial charge >= 0.3 is 0 Å². The quantitative estimate of drug-likeness (QED) is 0.646. The molecule has 176 valence electrons. The molecule has 1 aromatic rings. The third-order valence-electron chi connectivity index (χ3n) is 7.42. The van der Waals surface area contributed by atoms with Crippen LogP contribution in [0.3, 0.4) is 0 Å². The van der Waals surface area contributed by atoms with Gasteiger partial charge < -0.3 is 10.5 Å². The molecule has 0 bridgehead atoms. The number of piperidine rings is 2. The van der Waals surface area contributed by atoms with Crippen LogP contribution in [0.25, 0.3) is 0 Å². The Balaban J connectivity index is 1.22. The van der Waals surface area contributed by atoms with Crippen molar-refractivity contribution in [2.75, 3.05) is 19.7 Å². The average molecular weight is 455 g/mol. The first kappa shape index (κ1) is 22.2. The van der Waals surface area contributed by atoms with Crippen molar-refractivity contribution in [3.8, 4) is 0 Å². The molecular formula is C24H30N4O5. The van der Waals surface area contributed by atoms with Gasteiger partial charge in [-0.05, 0) is 68.8 Å². The molecule has 0 aliphatic carbocycles. The lowest BCUT2D eigenvalue weighted by Gasteiger charge is -2.38. The van der Waals surface area contributed by atoms with E-state index in [0.29, 0.717) is 23.6 Å². The Hall–Kier alpha value is -2.62. The molecule has 0 aromatic heterocycles. The zero-order valence-corrected chi connectivity index (χ0v) is 18.6. The topological polar surface area (TPSA) is 122 Å². The molecule has 4 heterocycles. The van der Waals surface area contributed by atoms with Crippen molar-refractivity contribution >= 4 is 23.6 Å². The summed E-state index contributed by atoms with van der Waals surface area (Å²) in [6.07, 6.45) is 4.53. The lowest BCUT2D eigenvalue weighted by atomic mass is 9.86. The van der Waals surface area contributed by atoms with E-state index in [-0.39, 0.29) is 30.9 Å². The van der Waals surface area contributed by atoms with Crippen molar-refractivity contribution in [3.63, 3.8) is 0 Å². The molecule has 5 rings (SSSR count). The highest BCUT2D eigenvalue weighted by molar-refractivity contribution is 6.23. The van der Waals surface area contributed by atoms with E-state index in [1.54, 1.807) is 12.1 Å². The molecule has 0 spiro atoms. The summed E-state index contributed by atoms with van der Waals surface area (Å²) in [7, 11) is 0. The van der Waals surface area contributed by atoms with Gasteiger partial charge in [-0.25, -0.2) is 0 Å². The van der Waals surface area contributed by atoms with Gasteiger partial charge in [0.05, 0.1) is 17.2 Å². The number of nitrogens with zero attached hydrogens (tertiary/aromatic N) is 2. The molecule has 0 radical (unpaired) electrons. The molecule has 9 heteroatoms. The zero-order chi connectivity index (χ0) is 23.1. The summed E-state index contributed by atoms with van der Waals surface area (Å²) in [4.78, 5) is 52.9. The van der Waals surface area contributed by atoms with Crippen LogP contribution >= 0.6 is 0 Å². The normalized spacial score (nSPS) is 29.4. The third kappa shape index (κ3) is 4.32. The second kappa shape index (κ2) is 8.96. The Kier molecular flexibility index (Phi) is 6.03. The van der Waals surface area contributed by atoms with Gasteiger partial charge in [0.15, 0.2) is 0 Å². The number of nitrogens with two attached hydrogens (primary N) is 1. The molecule has 9 nitrogen and oxygen atoms in total. The van der Waals surface area contributed by atoms with Crippen LogP contribution in [0.5, 0.6) is 0 Å². The predicted molar refractivity (Wildman–Crippen MR) is 118 cm³/mol. The fraction of sp³-hybridized carbons (Fsp3) is 0.583. The fourth-order valence-electron chi connectivity index (χ4n) is 5.54. The number of nitrogens with one attached hydrogen (secondary N) is 1. The van der Waals surface area contributed by atoms with Gasteiger partial charge in [0.25, 0.3) is 11.8 Å². The number of ether oxygens (including phenoxy) is 1. The number of carbonyl (C=O) groups is 4. The molecule has 3 saturated heterocycles. The average Bonchev–Trinajstić information content (AvgIpc) is 3.04. The van der Waals surface area contributed by atoms with Crippen molar-refractivity contribution in [1.29, 1.82) is 0 Å². The van der Waals surface area contributed by atoms with Crippen molar-refractivity contribution in [2.45, 2.75) is 63.3 Å². The van der Waals surface area contributed by atoms with Crippen LogP contribution in [0.15, 0.2) is 18.2 Å².